The van der Waals surface area contributed by atoms with Gasteiger partial charge in [-0.15, -0.1) is 11.3 Å². The lowest BCUT2D eigenvalue weighted by Gasteiger charge is -2.04. The van der Waals surface area contributed by atoms with E-state index in [1.54, 1.807) is 5.51 Å². The number of nitrogens with zero attached hydrogens (tertiary/aromatic N) is 2. The Kier molecular flexibility index (Phi) is 3.29. The van der Waals surface area contributed by atoms with Crippen LogP contribution in [0, 0.1) is 15.9 Å². The molecule has 0 aliphatic heterocycles. The highest BCUT2D eigenvalue weighted by Gasteiger charge is 2.09. The molecule has 88 valence electrons. The van der Waals surface area contributed by atoms with E-state index in [1.165, 1.54) is 23.5 Å². The van der Waals surface area contributed by atoms with Crippen LogP contribution in [0.5, 0.6) is 0 Å². The van der Waals surface area contributed by atoms with E-state index in [0.717, 1.165) is 11.8 Å². The van der Waals surface area contributed by atoms with Crippen molar-refractivity contribution in [3.63, 3.8) is 0 Å². The Balaban J connectivity index is 2.13. The maximum Gasteiger partial charge on any atom is 0.274 e. The minimum absolute atomic E-state index is 0.272. The molecular weight excluding hydrogens is 245 g/mol. The van der Waals surface area contributed by atoms with Crippen molar-refractivity contribution in [2.75, 3.05) is 5.32 Å². The van der Waals surface area contributed by atoms with Gasteiger partial charge in [0.1, 0.15) is 5.82 Å². The number of hydrogen-bond donors (Lipinski definition) is 1. The molecule has 0 atom stereocenters. The summed E-state index contributed by atoms with van der Waals surface area (Å²) in [6, 6.07) is 3.38. The van der Waals surface area contributed by atoms with E-state index in [9.17, 15) is 14.5 Å². The minimum atomic E-state index is -0.639. The predicted octanol–water partition coefficient (Wildman–Crippen LogP) is 2.80. The third kappa shape index (κ3) is 2.97. The molecule has 0 radical (unpaired) electrons. The number of thiazole rings is 1. The smallest absolute Gasteiger partial charge is 0.274 e. The van der Waals surface area contributed by atoms with E-state index in [2.05, 4.69) is 10.3 Å². The third-order valence-electron chi connectivity index (χ3n) is 2.05. The number of hydrogen-bond acceptors (Lipinski definition) is 5. The quantitative estimate of drug-likeness (QED) is 0.672. The molecule has 0 aliphatic carbocycles. The number of anilines is 1. The highest BCUT2D eigenvalue weighted by molar-refractivity contribution is 7.07. The summed E-state index contributed by atoms with van der Waals surface area (Å²) in [6.07, 6.45) is 0. The number of nitrogens with one attached hydrogen (secondary N) is 1. The first-order valence-corrected chi connectivity index (χ1v) is 5.65. The molecule has 0 saturated carbocycles. The van der Waals surface area contributed by atoms with Crippen molar-refractivity contribution in [2.45, 2.75) is 6.54 Å². The van der Waals surface area contributed by atoms with Gasteiger partial charge in [-0.05, 0) is 6.07 Å². The summed E-state index contributed by atoms with van der Waals surface area (Å²) in [5.41, 5.74) is 2.59. The second-order valence-electron chi connectivity index (χ2n) is 3.29. The standard InChI is InChI=1S/C10H8FN3O2S/c11-7-1-8(3-10(2-7)14(15)16)12-4-9-5-17-6-13-9/h1-3,5-6,12H,4H2. The molecule has 0 unspecified atom stereocenters. The van der Waals surface area contributed by atoms with E-state index in [4.69, 9.17) is 0 Å². The van der Waals surface area contributed by atoms with Crippen molar-refractivity contribution in [1.82, 2.24) is 4.98 Å². The Bertz CT molecular complexity index is 530. The van der Waals surface area contributed by atoms with E-state index >= 15 is 0 Å². The lowest BCUT2D eigenvalue weighted by molar-refractivity contribution is -0.385. The molecule has 2 rings (SSSR count). The van der Waals surface area contributed by atoms with Crippen LogP contribution in [0.25, 0.3) is 0 Å². The van der Waals surface area contributed by atoms with Gasteiger partial charge in [0.2, 0.25) is 0 Å². The van der Waals surface area contributed by atoms with Gasteiger partial charge in [0, 0.05) is 17.1 Å². The Morgan fingerprint density at radius 2 is 2.29 bits per heavy atom. The molecule has 5 nitrogen and oxygen atoms in total. The van der Waals surface area contributed by atoms with Gasteiger partial charge in [-0.1, -0.05) is 0 Å². The van der Waals surface area contributed by atoms with Gasteiger partial charge in [0.15, 0.2) is 0 Å². The van der Waals surface area contributed by atoms with E-state index in [0.29, 0.717) is 12.2 Å². The van der Waals surface area contributed by atoms with Crippen LogP contribution in [-0.4, -0.2) is 9.91 Å². The Morgan fingerprint density at radius 1 is 1.47 bits per heavy atom. The fourth-order valence-electron chi connectivity index (χ4n) is 1.30. The molecule has 0 saturated heterocycles. The van der Waals surface area contributed by atoms with Gasteiger partial charge >= 0.3 is 0 Å². The molecule has 0 amide bonds. The van der Waals surface area contributed by atoms with Gasteiger partial charge in [0.05, 0.1) is 28.7 Å². The Labute approximate surface area is 100 Å². The first-order valence-electron chi connectivity index (χ1n) is 4.71. The van der Waals surface area contributed by atoms with Crippen LogP contribution >= 0.6 is 11.3 Å². The molecule has 1 N–H and O–H groups in total. The fraction of sp³-hybridized carbons (Fsp3) is 0.100. The number of aromatic nitrogens is 1. The summed E-state index contributed by atoms with van der Waals surface area (Å²) in [5.74, 6) is -0.639. The van der Waals surface area contributed by atoms with Gasteiger partial charge < -0.3 is 5.32 Å². The highest BCUT2D eigenvalue weighted by atomic mass is 32.1. The van der Waals surface area contributed by atoms with Crippen molar-refractivity contribution in [1.29, 1.82) is 0 Å². The van der Waals surface area contributed by atoms with Crippen LogP contribution in [0.15, 0.2) is 29.1 Å². The molecule has 1 aromatic carbocycles. The largest absolute Gasteiger partial charge is 0.379 e. The molecule has 1 aromatic heterocycles. The van der Waals surface area contributed by atoms with Crippen LogP contribution < -0.4 is 5.32 Å². The van der Waals surface area contributed by atoms with E-state index in [1.807, 2.05) is 5.38 Å². The Morgan fingerprint density at radius 3 is 2.94 bits per heavy atom. The van der Waals surface area contributed by atoms with Crippen molar-refractivity contribution in [2.24, 2.45) is 0 Å². The molecule has 0 aliphatic rings. The number of benzene rings is 1. The number of nitro groups is 1. The van der Waals surface area contributed by atoms with Gasteiger partial charge in [-0.3, -0.25) is 10.1 Å². The van der Waals surface area contributed by atoms with Crippen molar-refractivity contribution < 1.29 is 9.31 Å². The van der Waals surface area contributed by atoms with Crippen LogP contribution in [0.4, 0.5) is 15.8 Å². The average Bonchev–Trinajstić information content (AvgIpc) is 2.78. The van der Waals surface area contributed by atoms with Crippen LogP contribution in [0.1, 0.15) is 5.69 Å². The highest BCUT2D eigenvalue weighted by Crippen LogP contribution is 2.20. The molecule has 0 spiro atoms. The predicted molar refractivity (Wildman–Crippen MR) is 62.5 cm³/mol. The normalized spacial score (nSPS) is 10.2. The monoisotopic (exact) mass is 253 g/mol. The first-order chi connectivity index (χ1) is 8.15. The van der Waals surface area contributed by atoms with Gasteiger partial charge in [-0.25, -0.2) is 9.37 Å². The summed E-state index contributed by atoms with van der Waals surface area (Å²) in [6.45, 7) is 0.407. The zero-order valence-corrected chi connectivity index (χ0v) is 9.41. The zero-order valence-electron chi connectivity index (χ0n) is 8.59. The summed E-state index contributed by atoms with van der Waals surface area (Å²) in [7, 11) is 0. The zero-order chi connectivity index (χ0) is 12.3. The molecule has 17 heavy (non-hydrogen) atoms. The van der Waals surface area contributed by atoms with Gasteiger partial charge in [-0.2, -0.15) is 0 Å². The lowest BCUT2D eigenvalue weighted by atomic mass is 10.2. The van der Waals surface area contributed by atoms with Crippen molar-refractivity contribution in [3.05, 3.63) is 50.7 Å². The van der Waals surface area contributed by atoms with E-state index in [-0.39, 0.29) is 5.69 Å². The second-order valence-corrected chi connectivity index (χ2v) is 4.01. The topological polar surface area (TPSA) is 68.1 Å². The maximum atomic E-state index is 13.1. The average molecular weight is 253 g/mol. The molecule has 0 bridgehead atoms. The minimum Gasteiger partial charge on any atom is -0.379 e. The van der Waals surface area contributed by atoms with E-state index < -0.39 is 10.7 Å². The summed E-state index contributed by atoms with van der Waals surface area (Å²) in [5, 5.41) is 15.3. The fourth-order valence-corrected chi connectivity index (χ4v) is 1.86. The summed E-state index contributed by atoms with van der Waals surface area (Å²) >= 11 is 1.45. The third-order valence-corrected chi connectivity index (χ3v) is 2.69. The summed E-state index contributed by atoms with van der Waals surface area (Å²) in [4.78, 5) is 14.0. The summed E-state index contributed by atoms with van der Waals surface area (Å²) < 4.78 is 13.1. The number of non-ortho nitro benzene ring substituents is 1. The maximum absolute atomic E-state index is 13.1. The van der Waals surface area contributed by atoms with Crippen LogP contribution in [-0.2, 0) is 6.54 Å². The Hall–Kier alpha value is -2.02. The van der Waals surface area contributed by atoms with Crippen molar-refractivity contribution >= 4 is 22.7 Å². The molecule has 7 heteroatoms. The van der Waals surface area contributed by atoms with Crippen LogP contribution in [0.2, 0.25) is 0 Å². The SMILES string of the molecule is O=[N+]([O-])c1cc(F)cc(NCc2cscn2)c1. The second kappa shape index (κ2) is 4.88. The molecular formula is C10H8FN3O2S. The number of nitro benzene ring substituents is 1. The number of rotatable bonds is 4. The molecule has 2 aromatic rings. The molecule has 1 heterocycles. The molecule has 0 fully saturated rings. The van der Waals surface area contributed by atoms with Crippen LogP contribution in [0.3, 0.4) is 0 Å². The van der Waals surface area contributed by atoms with Gasteiger partial charge in [0.25, 0.3) is 5.69 Å². The lowest BCUT2D eigenvalue weighted by Crippen LogP contribution is -2.01. The first kappa shape index (κ1) is 11.5. The van der Waals surface area contributed by atoms with Crippen molar-refractivity contribution in [3.8, 4) is 0 Å². The number of halogens is 1.